The fourth-order valence-electron chi connectivity index (χ4n) is 4.26. The average molecular weight is 451 g/mol. The van der Waals surface area contributed by atoms with Gasteiger partial charge in [-0.15, -0.1) is 0 Å². The molecule has 2 heterocycles. The Bertz CT molecular complexity index is 686. The van der Waals surface area contributed by atoms with E-state index in [0.717, 1.165) is 25.7 Å². The Balaban J connectivity index is 1.59. The fraction of sp³-hybridized carbons (Fsp3) is 0.750. The van der Waals surface area contributed by atoms with E-state index in [1.165, 1.54) is 0 Å². The molecule has 2 aliphatic rings. The normalized spacial score (nSPS) is 24.6. The van der Waals surface area contributed by atoms with E-state index in [9.17, 15) is 28.8 Å². The van der Waals surface area contributed by atoms with Crippen molar-refractivity contribution in [3.8, 4) is 0 Å². The van der Waals surface area contributed by atoms with Crippen molar-refractivity contribution in [2.75, 3.05) is 0 Å². The smallest absolute Gasteiger partial charge is 0.324 e. The standard InChI is InChI=1S/C24H34O8/c1-23(2)13-17(27)19(21(29)31-23)15(25)11-9-7-5-6-8-10-12-16(26)20-18(28)14-24(3,4)32-22(20)30/h19-20H,5-14H2,1-4H3. The maximum atomic E-state index is 12.3. The number of Topliss-reactive ketones (excluding diaryl/α,β-unsaturated/α-hetero) is 4. The minimum absolute atomic E-state index is 0.0514. The first-order chi connectivity index (χ1) is 14.8. The van der Waals surface area contributed by atoms with Gasteiger partial charge in [0.1, 0.15) is 11.2 Å². The summed E-state index contributed by atoms with van der Waals surface area (Å²) in [6.07, 6.45) is 4.80. The Morgan fingerprint density at radius 1 is 0.656 bits per heavy atom. The van der Waals surface area contributed by atoms with Crippen LogP contribution in [-0.2, 0) is 38.2 Å². The number of carbonyl (C=O) groups is 6. The van der Waals surface area contributed by atoms with Gasteiger partial charge in [0.25, 0.3) is 0 Å². The van der Waals surface area contributed by atoms with E-state index >= 15 is 0 Å². The zero-order chi connectivity index (χ0) is 24.1. The van der Waals surface area contributed by atoms with E-state index in [4.69, 9.17) is 9.47 Å². The number of esters is 2. The molecule has 2 aliphatic heterocycles. The summed E-state index contributed by atoms with van der Waals surface area (Å²) in [6.45, 7) is 6.60. The van der Waals surface area contributed by atoms with Crippen LogP contribution in [-0.4, -0.2) is 46.3 Å². The van der Waals surface area contributed by atoms with Gasteiger partial charge >= 0.3 is 11.9 Å². The van der Waals surface area contributed by atoms with Gasteiger partial charge in [-0.25, -0.2) is 0 Å². The Morgan fingerprint density at radius 3 is 1.28 bits per heavy atom. The molecule has 0 amide bonds. The number of carbonyl (C=O) groups excluding carboxylic acids is 6. The molecule has 2 atom stereocenters. The van der Waals surface area contributed by atoms with Crippen LogP contribution in [0.15, 0.2) is 0 Å². The van der Waals surface area contributed by atoms with E-state index in [2.05, 4.69) is 0 Å². The predicted molar refractivity (Wildman–Crippen MR) is 114 cm³/mol. The summed E-state index contributed by atoms with van der Waals surface area (Å²) in [7, 11) is 0. The molecule has 0 saturated carbocycles. The molecule has 178 valence electrons. The number of ether oxygens (including phenoxy) is 2. The Morgan fingerprint density at radius 2 is 0.969 bits per heavy atom. The van der Waals surface area contributed by atoms with E-state index in [0.29, 0.717) is 12.8 Å². The first-order valence-electron chi connectivity index (χ1n) is 11.4. The lowest BCUT2D eigenvalue weighted by Crippen LogP contribution is -2.46. The van der Waals surface area contributed by atoms with Crippen molar-refractivity contribution in [2.24, 2.45) is 11.8 Å². The number of unbranched alkanes of at least 4 members (excludes halogenated alkanes) is 5. The van der Waals surface area contributed by atoms with Crippen LogP contribution in [0.25, 0.3) is 0 Å². The number of rotatable bonds is 11. The minimum atomic E-state index is -1.28. The van der Waals surface area contributed by atoms with Crippen molar-refractivity contribution >= 4 is 35.1 Å². The van der Waals surface area contributed by atoms with Crippen molar-refractivity contribution < 1.29 is 38.2 Å². The van der Waals surface area contributed by atoms with Crippen LogP contribution in [0.2, 0.25) is 0 Å². The second-order valence-electron chi connectivity index (χ2n) is 10.1. The highest BCUT2D eigenvalue weighted by atomic mass is 16.6. The van der Waals surface area contributed by atoms with Crippen molar-refractivity contribution in [1.82, 2.24) is 0 Å². The van der Waals surface area contributed by atoms with Crippen molar-refractivity contribution in [3.63, 3.8) is 0 Å². The van der Waals surface area contributed by atoms with Crippen molar-refractivity contribution in [1.29, 1.82) is 0 Å². The summed E-state index contributed by atoms with van der Waals surface area (Å²) < 4.78 is 10.4. The number of ketones is 4. The van der Waals surface area contributed by atoms with Crippen LogP contribution in [0.3, 0.4) is 0 Å². The monoisotopic (exact) mass is 450 g/mol. The molecule has 2 rings (SSSR count). The van der Waals surface area contributed by atoms with Crippen molar-refractivity contribution in [2.45, 2.75) is 103 Å². The Hall–Kier alpha value is -2.38. The molecule has 0 aromatic heterocycles. The summed E-state index contributed by atoms with van der Waals surface area (Å²) in [5, 5.41) is 0. The largest absolute Gasteiger partial charge is 0.458 e. The van der Waals surface area contributed by atoms with Gasteiger partial charge in [0.2, 0.25) is 0 Å². The lowest BCUT2D eigenvalue weighted by atomic mass is 9.85. The van der Waals surface area contributed by atoms with Gasteiger partial charge in [0.15, 0.2) is 35.0 Å². The van der Waals surface area contributed by atoms with Crippen LogP contribution in [0.1, 0.15) is 91.9 Å². The summed E-state index contributed by atoms with van der Waals surface area (Å²) in [6, 6.07) is 0. The highest BCUT2D eigenvalue weighted by Gasteiger charge is 2.45. The third-order valence-corrected chi connectivity index (χ3v) is 5.81. The highest BCUT2D eigenvalue weighted by Crippen LogP contribution is 2.28. The Kier molecular flexibility index (Phi) is 8.48. The molecule has 0 aliphatic carbocycles. The lowest BCUT2D eigenvalue weighted by Gasteiger charge is -2.32. The first kappa shape index (κ1) is 25.9. The molecule has 0 spiro atoms. The predicted octanol–water partition coefficient (Wildman–Crippen LogP) is 3.07. The van der Waals surface area contributed by atoms with Crippen molar-refractivity contribution in [3.05, 3.63) is 0 Å². The zero-order valence-corrected chi connectivity index (χ0v) is 19.5. The zero-order valence-electron chi connectivity index (χ0n) is 19.5. The molecule has 0 radical (unpaired) electrons. The van der Waals surface area contributed by atoms with E-state index in [-0.39, 0.29) is 48.8 Å². The summed E-state index contributed by atoms with van der Waals surface area (Å²) >= 11 is 0. The number of cyclic esters (lactones) is 2. The summed E-state index contributed by atoms with van der Waals surface area (Å²) in [5.74, 6) is -5.56. The highest BCUT2D eigenvalue weighted by molar-refractivity contribution is 6.19. The molecule has 2 unspecified atom stereocenters. The third-order valence-electron chi connectivity index (χ3n) is 5.81. The van der Waals surface area contributed by atoms with Crippen LogP contribution >= 0.6 is 0 Å². The minimum Gasteiger partial charge on any atom is -0.458 e. The van der Waals surface area contributed by atoms with Crippen LogP contribution < -0.4 is 0 Å². The maximum Gasteiger partial charge on any atom is 0.324 e. The van der Waals surface area contributed by atoms with Gasteiger partial charge in [0.05, 0.1) is 0 Å². The quantitative estimate of drug-likeness (QED) is 0.267. The molecule has 8 heteroatoms. The van der Waals surface area contributed by atoms with Crippen LogP contribution in [0.5, 0.6) is 0 Å². The van der Waals surface area contributed by atoms with Gasteiger partial charge in [-0.3, -0.25) is 28.8 Å². The second-order valence-corrected chi connectivity index (χ2v) is 10.1. The van der Waals surface area contributed by atoms with Gasteiger partial charge < -0.3 is 9.47 Å². The third kappa shape index (κ3) is 7.07. The van der Waals surface area contributed by atoms with E-state index < -0.39 is 35.0 Å². The molecule has 8 nitrogen and oxygen atoms in total. The van der Waals surface area contributed by atoms with Crippen LogP contribution in [0.4, 0.5) is 0 Å². The van der Waals surface area contributed by atoms with Gasteiger partial charge in [0, 0.05) is 25.7 Å². The summed E-state index contributed by atoms with van der Waals surface area (Å²) in [4.78, 5) is 72.7. The fourth-order valence-corrected chi connectivity index (χ4v) is 4.26. The van der Waals surface area contributed by atoms with E-state index in [1.807, 2.05) is 0 Å². The van der Waals surface area contributed by atoms with Gasteiger partial charge in [-0.1, -0.05) is 25.7 Å². The SMILES string of the molecule is CC1(C)CC(=O)C(C(=O)CCCCCCCCC(=O)C2C(=O)CC(C)(C)OC2=O)C(=O)O1. The molecule has 0 aromatic carbocycles. The molecule has 2 fully saturated rings. The molecule has 2 saturated heterocycles. The number of hydrogen-bond acceptors (Lipinski definition) is 8. The van der Waals surface area contributed by atoms with Gasteiger partial charge in [-0.2, -0.15) is 0 Å². The summed E-state index contributed by atoms with van der Waals surface area (Å²) in [5.41, 5.74) is -1.71. The Labute approximate surface area is 188 Å². The molecule has 0 bridgehead atoms. The topological polar surface area (TPSA) is 121 Å². The first-order valence-corrected chi connectivity index (χ1v) is 11.4. The maximum absolute atomic E-state index is 12.3. The molecule has 32 heavy (non-hydrogen) atoms. The molecule has 0 N–H and O–H groups in total. The average Bonchev–Trinajstić information content (AvgIpc) is 2.60. The molecular formula is C24H34O8. The van der Waals surface area contributed by atoms with Gasteiger partial charge in [-0.05, 0) is 40.5 Å². The van der Waals surface area contributed by atoms with E-state index in [1.54, 1.807) is 27.7 Å². The molecular weight excluding hydrogens is 416 g/mol. The lowest BCUT2D eigenvalue weighted by molar-refractivity contribution is -0.177. The second kappa shape index (κ2) is 10.5. The van der Waals surface area contributed by atoms with Crippen LogP contribution in [0, 0.1) is 11.8 Å². The number of hydrogen-bond donors (Lipinski definition) is 0. The molecule has 0 aromatic rings.